The van der Waals surface area contributed by atoms with Crippen LogP contribution in [0.1, 0.15) is 57.2 Å². The summed E-state index contributed by atoms with van der Waals surface area (Å²) in [6.45, 7) is 9.93. The summed E-state index contributed by atoms with van der Waals surface area (Å²) in [6.07, 6.45) is 3.94. The Bertz CT molecular complexity index is 1050. The van der Waals surface area contributed by atoms with Crippen molar-refractivity contribution >= 4 is 24.7 Å². The van der Waals surface area contributed by atoms with E-state index in [-0.39, 0.29) is 12.5 Å². The van der Waals surface area contributed by atoms with Crippen LogP contribution in [-0.2, 0) is 0 Å². The maximum atomic E-state index is 10.1. The van der Waals surface area contributed by atoms with Crippen molar-refractivity contribution in [1.82, 2.24) is 0 Å². The molecule has 2 unspecified atom stereocenters. The molecule has 1 aliphatic heterocycles. The average Bonchev–Trinajstić information content (AvgIpc) is 3.10. The molecule has 3 aromatic carbocycles. The van der Waals surface area contributed by atoms with Gasteiger partial charge in [0.05, 0.1) is 12.1 Å². The highest BCUT2D eigenvalue weighted by molar-refractivity contribution is 6.17. The quantitative estimate of drug-likeness (QED) is 0.500. The lowest BCUT2D eigenvalue weighted by Crippen LogP contribution is -2.32. The maximum absolute atomic E-state index is 10.1. The van der Waals surface area contributed by atoms with Gasteiger partial charge in [-0.15, -0.1) is 0 Å². The van der Waals surface area contributed by atoms with Crippen LogP contribution < -0.4 is 4.74 Å². The molecule has 2 radical (unpaired) electrons. The van der Waals surface area contributed by atoms with Crippen molar-refractivity contribution in [3.63, 3.8) is 0 Å². The molecule has 5 rings (SSSR count). The maximum Gasteiger partial charge on any atom is 0.137 e. The van der Waals surface area contributed by atoms with E-state index in [1.54, 1.807) is 0 Å². The fraction of sp³-hybridized carbons (Fsp3) is 0.308. The summed E-state index contributed by atoms with van der Waals surface area (Å²) < 4.78 is 6.16. The van der Waals surface area contributed by atoms with Crippen molar-refractivity contribution in [2.24, 2.45) is 0 Å². The van der Waals surface area contributed by atoms with Gasteiger partial charge in [-0.05, 0) is 34.6 Å². The van der Waals surface area contributed by atoms with Gasteiger partial charge in [0, 0.05) is 16.9 Å². The Morgan fingerprint density at radius 2 is 1.59 bits per heavy atom. The van der Waals surface area contributed by atoms with Crippen molar-refractivity contribution in [1.29, 1.82) is 0 Å². The zero-order valence-electron chi connectivity index (χ0n) is 18.0. The number of hydrogen-bond donors (Lipinski definition) is 1. The minimum atomic E-state index is -0.829. The molecular formula is C26H29BO2. The Labute approximate surface area is 175 Å². The molecule has 3 aromatic rings. The second-order valence-electron chi connectivity index (χ2n) is 7.02. The number of aliphatic hydroxyl groups is 1. The Balaban J connectivity index is 0.000000568. The van der Waals surface area contributed by atoms with Gasteiger partial charge in [-0.25, -0.2) is 0 Å². The Hall–Kier alpha value is -2.52. The lowest BCUT2D eigenvalue weighted by molar-refractivity contribution is 0.226. The summed E-state index contributed by atoms with van der Waals surface area (Å²) >= 11 is 0. The Morgan fingerprint density at radius 3 is 2.28 bits per heavy atom. The molecule has 2 aliphatic rings. The van der Waals surface area contributed by atoms with Gasteiger partial charge in [0.15, 0.2) is 0 Å². The molecule has 1 heterocycles. The van der Waals surface area contributed by atoms with Crippen molar-refractivity contribution in [2.45, 2.75) is 46.0 Å². The third kappa shape index (κ3) is 3.38. The molecule has 148 valence electrons. The van der Waals surface area contributed by atoms with Crippen LogP contribution in [0.5, 0.6) is 5.75 Å². The number of hydrogen-bond acceptors (Lipinski definition) is 2. The standard InChI is InChI=1S/C22H17BO2.2C2H6/c1-22(23)11-10-17-20-18(12-24)13-6-2-3-7-14(13)19(20)15-8-4-5-9-16(15)21(17)25-22;2*1-2/h2-11,18,24H,12H2,1H3;2*1-2H3. The first kappa shape index (κ1) is 21.2. The SMILES string of the molecule is CC.CC.[B]C1(C)C=Cc2c3c(c4ccccc4c2O1)-c1ccccc1C3CO. The normalized spacial score (nSPS) is 20.3. The minimum absolute atomic E-state index is 0.0417. The molecule has 0 saturated carbocycles. The van der Waals surface area contributed by atoms with Crippen LogP contribution in [0.25, 0.3) is 28.0 Å². The molecule has 1 aliphatic carbocycles. The number of benzene rings is 3. The fourth-order valence-corrected chi connectivity index (χ4v) is 4.25. The van der Waals surface area contributed by atoms with E-state index in [9.17, 15) is 5.11 Å². The molecule has 3 heteroatoms. The predicted octanol–water partition coefficient (Wildman–Crippen LogP) is 6.29. The predicted molar refractivity (Wildman–Crippen MR) is 125 cm³/mol. The molecule has 0 fully saturated rings. The van der Waals surface area contributed by atoms with E-state index in [4.69, 9.17) is 12.6 Å². The number of ether oxygens (including phenoxy) is 1. The van der Waals surface area contributed by atoms with E-state index >= 15 is 0 Å². The van der Waals surface area contributed by atoms with E-state index < -0.39 is 5.50 Å². The summed E-state index contributed by atoms with van der Waals surface area (Å²) in [4.78, 5) is 0. The highest BCUT2D eigenvalue weighted by Crippen LogP contribution is 2.54. The lowest BCUT2D eigenvalue weighted by atomic mass is 9.79. The Morgan fingerprint density at radius 1 is 0.966 bits per heavy atom. The van der Waals surface area contributed by atoms with Crippen LogP contribution in [0.15, 0.2) is 54.6 Å². The van der Waals surface area contributed by atoms with Crippen LogP contribution in [-0.4, -0.2) is 25.1 Å². The molecule has 2 atom stereocenters. The summed E-state index contributed by atoms with van der Waals surface area (Å²) in [5.41, 5.74) is 4.93. The minimum Gasteiger partial charge on any atom is -0.492 e. The summed E-state index contributed by atoms with van der Waals surface area (Å²) in [5, 5.41) is 12.4. The van der Waals surface area contributed by atoms with Gasteiger partial charge in [0.25, 0.3) is 0 Å². The van der Waals surface area contributed by atoms with Crippen molar-refractivity contribution in [2.75, 3.05) is 6.61 Å². The van der Waals surface area contributed by atoms with Gasteiger partial charge in [0.1, 0.15) is 13.6 Å². The molecule has 0 saturated heterocycles. The first-order chi connectivity index (χ1) is 14.1. The highest BCUT2D eigenvalue weighted by atomic mass is 16.5. The summed E-state index contributed by atoms with van der Waals surface area (Å²) in [5.74, 6) is 0.771. The third-order valence-electron chi connectivity index (χ3n) is 5.28. The molecular weight excluding hydrogens is 355 g/mol. The van der Waals surface area contributed by atoms with Gasteiger partial charge < -0.3 is 9.84 Å². The van der Waals surface area contributed by atoms with Gasteiger partial charge in [-0.1, -0.05) is 88.4 Å². The molecule has 1 N–H and O–H groups in total. The fourth-order valence-electron chi connectivity index (χ4n) is 4.25. The molecule has 0 spiro atoms. The number of fused-ring (bicyclic) bond motifs is 8. The molecule has 29 heavy (non-hydrogen) atoms. The van der Waals surface area contributed by atoms with Crippen LogP contribution in [0, 0.1) is 0 Å². The van der Waals surface area contributed by atoms with E-state index in [0.29, 0.717) is 0 Å². The van der Waals surface area contributed by atoms with E-state index in [2.05, 4.69) is 36.4 Å². The molecule has 0 bridgehead atoms. The zero-order chi connectivity index (χ0) is 21.2. The van der Waals surface area contributed by atoms with Crippen molar-refractivity contribution in [3.8, 4) is 16.9 Å². The second-order valence-corrected chi connectivity index (χ2v) is 7.02. The second kappa shape index (κ2) is 8.46. The van der Waals surface area contributed by atoms with Crippen LogP contribution in [0.4, 0.5) is 0 Å². The Kier molecular flexibility index (Phi) is 6.19. The van der Waals surface area contributed by atoms with Gasteiger partial charge in [0.2, 0.25) is 0 Å². The highest BCUT2D eigenvalue weighted by Gasteiger charge is 2.35. The van der Waals surface area contributed by atoms with Gasteiger partial charge in [-0.3, -0.25) is 0 Å². The largest absolute Gasteiger partial charge is 0.492 e. The van der Waals surface area contributed by atoms with E-state index in [1.807, 2.05) is 58.9 Å². The third-order valence-corrected chi connectivity index (χ3v) is 5.28. The smallest absolute Gasteiger partial charge is 0.137 e. The van der Waals surface area contributed by atoms with Crippen LogP contribution in [0.2, 0.25) is 0 Å². The van der Waals surface area contributed by atoms with Crippen molar-refractivity contribution < 1.29 is 9.84 Å². The number of rotatable bonds is 1. The average molecular weight is 384 g/mol. The topological polar surface area (TPSA) is 29.5 Å². The molecule has 2 nitrogen and oxygen atoms in total. The first-order valence-electron chi connectivity index (χ1n) is 10.6. The van der Waals surface area contributed by atoms with Gasteiger partial charge >= 0.3 is 0 Å². The monoisotopic (exact) mass is 384 g/mol. The van der Waals surface area contributed by atoms with E-state index in [0.717, 1.165) is 27.6 Å². The molecule has 0 amide bonds. The van der Waals surface area contributed by atoms with E-state index in [1.165, 1.54) is 16.7 Å². The number of aliphatic hydroxyl groups excluding tert-OH is 1. The van der Waals surface area contributed by atoms with Gasteiger partial charge in [-0.2, -0.15) is 0 Å². The van der Waals surface area contributed by atoms with Crippen LogP contribution >= 0.6 is 0 Å². The molecule has 0 aromatic heterocycles. The zero-order valence-corrected chi connectivity index (χ0v) is 18.0. The lowest BCUT2D eigenvalue weighted by Gasteiger charge is -2.31. The van der Waals surface area contributed by atoms with Crippen molar-refractivity contribution in [3.05, 3.63) is 71.3 Å². The first-order valence-corrected chi connectivity index (χ1v) is 10.6. The van der Waals surface area contributed by atoms with Crippen LogP contribution in [0.3, 0.4) is 0 Å². The summed E-state index contributed by atoms with van der Waals surface area (Å²) in [7, 11) is 6.22. The summed E-state index contributed by atoms with van der Waals surface area (Å²) in [6, 6.07) is 16.6.